The van der Waals surface area contributed by atoms with Gasteiger partial charge in [-0.05, 0) is 41.7 Å². The quantitative estimate of drug-likeness (QED) is 0.629. The van der Waals surface area contributed by atoms with Gasteiger partial charge in [0.2, 0.25) is 0 Å². The van der Waals surface area contributed by atoms with Gasteiger partial charge in [-0.15, -0.1) is 0 Å². The molecule has 0 aliphatic carbocycles. The lowest BCUT2D eigenvalue weighted by molar-refractivity contribution is 0.501. The fraction of sp³-hybridized carbons (Fsp3) is 0.400. The molecule has 0 fully saturated rings. The third-order valence-electron chi connectivity index (χ3n) is 4.56. The van der Waals surface area contributed by atoms with Crippen molar-refractivity contribution in [2.24, 2.45) is 5.92 Å². The lowest BCUT2D eigenvalue weighted by Gasteiger charge is -2.12. The molecule has 3 heterocycles. The Balaban J connectivity index is 1.93. The van der Waals surface area contributed by atoms with Crippen LogP contribution in [0.1, 0.15) is 19.4 Å². The van der Waals surface area contributed by atoms with Crippen molar-refractivity contribution in [2.75, 3.05) is 20.6 Å². The van der Waals surface area contributed by atoms with Crippen LogP contribution in [0.3, 0.4) is 0 Å². The van der Waals surface area contributed by atoms with E-state index in [4.69, 9.17) is 4.98 Å². The molecule has 0 aliphatic rings. The summed E-state index contributed by atoms with van der Waals surface area (Å²) in [5, 5.41) is 1.11. The van der Waals surface area contributed by atoms with Gasteiger partial charge in [0.15, 0.2) is 0 Å². The minimum Gasteiger partial charge on any atom is -0.331 e. The number of hydrogen-bond donors (Lipinski definition) is 1. The number of pyridine rings is 2. The molecule has 1 N–H and O–H groups in total. The third-order valence-corrected chi connectivity index (χ3v) is 6.09. The monoisotopic (exact) mass is 401 g/mol. The SMILES string of the molecule is CC(C)Cc1cn(CCNS(=O)(=O)N(C)C)c2ncc(-c3ccncc3)cc12. The molecule has 8 heteroatoms. The van der Waals surface area contributed by atoms with Gasteiger partial charge in [0.05, 0.1) is 0 Å². The highest BCUT2D eigenvalue weighted by Crippen LogP contribution is 2.27. The summed E-state index contributed by atoms with van der Waals surface area (Å²) in [6.07, 6.45) is 8.44. The third kappa shape index (κ3) is 4.57. The van der Waals surface area contributed by atoms with Crippen LogP contribution in [0.2, 0.25) is 0 Å². The Hall–Kier alpha value is -2.29. The summed E-state index contributed by atoms with van der Waals surface area (Å²) >= 11 is 0. The molecule has 0 saturated heterocycles. The van der Waals surface area contributed by atoms with Gasteiger partial charge in [-0.2, -0.15) is 12.7 Å². The van der Waals surface area contributed by atoms with Crippen molar-refractivity contribution in [1.82, 2.24) is 23.6 Å². The molecule has 0 radical (unpaired) electrons. The normalized spacial score (nSPS) is 12.4. The average molecular weight is 402 g/mol. The molecule has 0 spiro atoms. The summed E-state index contributed by atoms with van der Waals surface area (Å²) in [7, 11) is -0.412. The standard InChI is InChI=1S/C20H27N5O2S/c1-15(2)11-18-14-25(10-9-23-28(26,27)24(3)4)20-19(18)12-17(13-22-20)16-5-7-21-8-6-16/h5-8,12-15,23H,9-11H2,1-4H3. The molecule has 150 valence electrons. The Morgan fingerprint density at radius 3 is 2.54 bits per heavy atom. The van der Waals surface area contributed by atoms with Gasteiger partial charge in [-0.3, -0.25) is 4.98 Å². The van der Waals surface area contributed by atoms with E-state index < -0.39 is 10.2 Å². The largest absolute Gasteiger partial charge is 0.331 e. The fourth-order valence-electron chi connectivity index (χ4n) is 3.14. The Labute approximate surface area is 166 Å². The van der Waals surface area contributed by atoms with E-state index in [0.29, 0.717) is 19.0 Å². The van der Waals surface area contributed by atoms with Crippen LogP contribution in [-0.2, 0) is 23.2 Å². The molecule has 0 bridgehead atoms. The molecular weight excluding hydrogens is 374 g/mol. The zero-order chi connectivity index (χ0) is 20.3. The first-order chi connectivity index (χ1) is 13.3. The van der Waals surface area contributed by atoms with E-state index in [1.54, 1.807) is 12.4 Å². The first-order valence-electron chi connectivity index (χ1n) is 9.33. The van der Waals surface area contributed by atoms with Crippen LogP contribution < -0.4 is 4.72 Å². The first kappa shape index (κ1) is 20.4. The molecule has 0 amide bonds. The average Bonchev–Trinajstić information content (AvgIpc) is 2.98. The second-order valence-corrected chi connectivity index (χ2v) is 9.43. The highest BCUT2D eigenvalue weighted by molar-refractivity contribution is 7.87. The zero-order valence-corrected chi connectivity index (χ0v) is 17.6. The van der Waals surface area contributed by atoms with Crippen molar-refractivity contribution in [3.05, 3.63) is 48.5 Å². The van der Waals surface area contributed by atoms with Gasteiger partial charge in [0.1, 0.15) is 5.65 Å². The molecule has 0 unspecified atom stereocenters. The zero-order valence-electron chi connectivity index (χ0n) is 16.8. The number of aromatic nitrogens is 3. The molecule has 0 atom stereocenters. The number of nitrogens with zero attached hydrogens (tertiary/aromatic N) is 4. The molecule has 3 aromatic rings. The van der Waals surface area contributed by atoms with Crippen molar-refractivity contribution in [1.29, 1.82) is 0 Å². The van der Waals surface area contributed by atoms with Crippen molar-refractivity contribution in [3.8, 4) is 11.1 Å². The molecule has 0 aliphatic heterocycles. The van der Waals surface area contributed by atoms with Crippen molar-refractivity contribution in [2.45, 2.75) is 26.8 Å². The van der Waals surface area contributed by atoms with Crippen molar-refractivity contribution >= 4 is 21.2 Å². The second-order valence-electron chi connectivity index (χ2n) is 7.46. The van der Waals surface area contributed by atoms with Gasteiger partial charge in [-0.1, -0.05) is 13.8 Å². The van der Waals surface area contributed by atoms with E-state index in [-0.39, 0.29) is 0 Å². The number of fused-ring (bicyclic) bond motifs is 1. The number of rotatable bonds is 8. The molecule has 0 saturated carbocycles. The maximum absolute atomic E-state index is 11.9. The Bertz CT molecular complexity index is 1040. The van der Waals surface area contributed by atoms with Gasteiger partial charge in [-0.25, -0.2) is 9.71 Å². The maximum Gasteiger partial charge on any atom is 0.278 e. The summed E-state index contributed by atoms with van der Waals surface area (Å²) in [5.41, 5.74) is 4.22. The first-order valence-corrected chi connectivity index (χ1v) is 10.8. The van der Waals surface area contributed by atoms with Crippen LogP contribution in [0.5, 0.6) is 0 Å². The van der Waals surface area contributed by atoms with E-state index in [2.05, 4.69) is 35.8 Å². The highest BCUT2D eigenvalue weighted by Gasteiger charge is 2.15. The van der Waals surface area contributed by atoms with Crippen molar-refractivity contribution in [3.63, 3.8) is 0 Å². The summed E-state index contributed by atoms with van der Waals surface area (Å²) in [6.45, 7) is 5.20. The smallest absolute Gasteiger partial charge is 0.278 e. The van der Waals surface area contributed by atoms with Crippen LogP contribution in [0, 0.1) is 5.92 Å². The summed E-state index contributed by atoms with van der Waals surface area (Å²) in [4.78, 5) is 8.77. The van der Waals surface area contributed by atoms with Crippen LogP contribution in [0.15, 0.2) is 43.0 Å². The minimum absolute atomic E-state index is 0.305. The molecule has 3 rings (SSSR count). The van der Waals surface area contributed by atoms with Crippen LogP contribution in [0.25, 0.3) is 22.2 Å². The van der Waals surface area contributed by atoms with Crippen LogP contribution in [0.4, 0.5) is 0 Å². The molecule has 3 aromatic heterocycles. The van der Waals surface area contributed by atoms with Crippen LogP contribution in [-0.4, -0.2) is 47.9 Å². The number of hydrogen-bond acceptors (Lipinski definition) is 4. The summed E-state index contributed by atoms with van der Waals surface area (Å²) < 4.78 is 29.6. The van der Waals surface area contributed by atoms with E-state index >= 15 is 0 Å². The van der Waals surface area contributed by atoms with Crippen LogP contribution >= 0.6 is 0 Å². The van der Waals surface area contributed by atoms with E-state index in [1.165, 1.54) is 24.0 Å². The van der Waals surface area contributed by atoms with E-state index in [1.807, 2.05) is 22.9 Å². The van der Waals surface area contributed by atoms with Gasteiger partial charge < -0.3 is 4.57 Å². The summed E-state index contributed by atoms with van der Waals surface area (Å²) in [6, 6.07) is 6.10. The van der Waals surface area contributed by atoms with Gasteiger partial charge in [0.25, 0.3) is 10.2 Å². The summed E-state index contributed by atoms with van der Waals surface area (Å²) in [5.74, 6) is 0.510. The molecule has 0 aromatic carbocycles. The topological polar surface area (TPSA) is 80.1 Å². The fourth-order valence-corrected chi connectivity index (χ4v) is 3.75. The van der Waals surface area contributed by atoms with E-state index in [0.717, 1.165) is 28.6 Å². The van der Waals surface area contributed by atoms with Gasteiger partial charge in [0, 0.05) is 62.9 Å². The predicted molar refractivity (Wildman–Crippen MR) is 112 cm³/mol. The molecular formula is C20H27N5O2S. The molecule has 28 heavy (non-hydrogen) atoms. The van der Waals surface area contributed by atoms with Crippen molar-refractivity contribution < 1.29 is 8.42 Å². The number of nitrogens with one attached hydrogen (secondary N) is 1. The second kappa shape index (κ2) is 8.38. The molecule has 7 nitrogen and oxygen atoms in total. The Morgan fingerprint density at radius 2 is 1.89 bits per heavy atom. The highest BCUT2D eigenvalue weighted by atomic mass is 32.2. The minimum atomic E-state index is -3.43. The van der Waals surface area contributed by atoms with E-state index in [9.17, 15) is 8.42 Å². The lowest BCUT2D eigenvalue weighted by atomic mass is 10.0. The maximum atomic E-state index is 11.9. The Morgan fingerprint density at radius 1 is 1.18 bits per heavy atom. The van der Waals surface area contributed by atoms with Gasteiger partial charge >= 0.3 is 0 Å². The lowest BCUT2D eigenvalue weighted by Crippen LogP contribution is -2.37. The predicted octanol–water partition coefficient (Wildman–Crippen LogP) is 2.69. The Kier molecular flexibility index (Phi) is 6.12.